The lowest BCUT2D eigenvalue weighted by molar-refractivity contribution is 0.440. The van der Waals surface area contributed by atoms with Crippen LogP contribution >= 0.6 is 40.3 Å². The molecule has 2 unspecified atom stereocenters. The zero-order valence-corrected chi connectivity index (χ0v) is 30.5. The van der Waals surface area contributed by atoms with E-state index in [0.717, 1.165) is 16.7 Å². The normalized spacial score (nSPS) is 13.1. The summed E-state index contributed by atoms with van der Waals surface area (Å²) in [4.78, 5) is 7.06. The van der Waals surface area contributed by atoms with Gasteiger partial charge in [0, 0.05) is 37.2 Å². The molecule has 0 radical (unpaired) electrons. The second-order valence-corrected chi connectivity index (χ2v) is 15.1. The second-order valence-electron chi connectivity index (χ2n) is 8.61. The summed E-state index contributed by atoms with van der Waals surface area (Å²) in [6.07, 6.45) is 5.22. The molecule has 0 aliphatic carbocycles. The Morgan fingerprint density at radius 1 is 0.659 bits per heavy atom. The van der Waals surface area contributed by atoms with Crippen LogP contribution in [0.15, 0.2) is 102 Å². The fraction of sp³-hybridized carbons (Fsp3) is 0.160. The van der Waals surface area contributed by atoms with Crippen molar-refractivity contribution >= 4 is 82.6 Å². The van der Waals surface area contributed by atoms with Gasteiger partial charge in [0.05, 0.1) is 18.6 Å². The molecule has 0 aliphatic heterocycles. The first-order valence-corrected chi connectivity index (χ1v) is 19.6. The zero-order valence-electron chi connectivity index (χ0n) is 24.1. The Kier molecular flexibility index (Phi) is 15.7. The summed E-state index contributed by atoms with van der Waals surface area (Å²) < 4.78 is 24.7. The van der Waals surface area contributed by atoms with E-state index in [1.807, 2.05) is 86.9 Å². The molecule has 2 atom stereocenters. The number of rotatable bonds is 16. The summed E-state index contributed by atoms with van der Waals surface area (Å²) in [7, 11) is 7.50. The van der Waals surface area contributed by atoms with E-state index in [9.17, 15) is 0 Å². The maximum absolute atomic E-state index is 5.96. The molecule has 0 aliphatic rings. The Labute approximate surface area is 274 Å². The van der Waals surface area contributed by atoms with E-state index in [-0.39, 0.29) is 0 Å². The highest BCUT2D eigenvalue weighted by Crippen LogP contribution is 2.32. The fourth-order valence-electron chi connectivity index (χ4n) is 2.89. The predicted molar refractivity (Wildman–Crippen MR) is 194 cm³/mol. The molecule has 3 aromatic rings. The van der Waals surface area contributed by atoms with Crippen molar-refractivity contribution in [3.63, 3.8) is 0 Å². The van der Waals surface area contributed by atoms with E-state index in [4.69, 9.17) is 37.2 Å². The molecule has 3 rings (SSSR count). The lowest BCUT2D eigenvalue weighted by Crippen LogP contribution is -2.04. The van der Waals surface area contributed by atoms with Gasteiger partial charge in [0.15, 0.2) is 8.52 Å². The molecule has 0 saturated carbocycles. The summed E-state index contributed by atoms with van der Waals surface area (Å²) in [6, 6.07) is 22.5. The maximum Gasteiger partial charge on any atom is 0.253 e. The van der Waals surface area contributed by atoms with E-state index < -0.39 is 14.1 Å². The van der Waals surface area contributed by atoms with Crippen LogP contribution in [0.5, 0.6) is 17.2 Å². The molecule has 0 bridgehead atoms. The van der Waals surface area contributed by atoms with Gasteiger partial charge in [0.2, 0.25) is 14.1 Å². The van der Waals surface area contributed by atoms with Crippen molar-refractivity contribution in [3.05, 3.63) is 89.5 Å². The van der Waals surface area contributed by atoms with Crippen LogP contribution in [0.25, 0.3) is 0 Å². The largest absolute Gasteiger partial charge is 0.450 e. The standard InChI is InChI=1S/C25H30N9O3P5S2/c1-32(2)26-17-20-7-13-24(14-8-20)36-42(44)34(4)28-19-22-9-15-25(16-10-22)37-41(43)33(3)27-18-21-5-11-23(12-6-21)35-40-31-39-30-29-38/h5-19,38,41-42H,1-4H3. The topological polar surface area (TPSA) is 112 Å². The molecule has 0 saturated heterocycles. The van der Waals surface area contributed by atoms with Gasteiger partial charge in [-0.15, -0.1) is 14.2 Å². The van der Waals surface area contributed by atoms with Crippen LogP contribution < -0.4 is 13.6 Å². The van der Waals surface area contributed by atoms with Gasteiger partial charge in [-0.1, -0.05) is 0 Å². The number of hydrazone groups is 3. The molecular weight excluding hydrogens is 693 g/mol. The van der Waals surface area contributed by atoms with Crippen LogP contribution in [0.1, 0.15) is 16.7 Å². The van der Waals surface area contributed by atoms with Crippen molar-refractivity contribution in [2.75, 3.05) is 28.2 Å². The first-order chi connectivity index (χ1) is 21.2. The van der Waals surface area contributed by atoms with Crippen molar-refractivity contribution < 1.29 is 13.6 Å². The average molecular weight is 724 g/mol. The Morgan fingerprint density at radius 2 is 1.07 bits per heavy atom. The SMILES string of the molecule is CN(C)N=Cc1ccc(O[PH](=S)N(C)N=Cc2ccc(O[PH](=S)N(C)N=Cc3ccc(O/P=N\P=N\N=P)cc3)cc2)cc1. The van der Waals surface area contributed by atoms with Crippen molar-refractivity contribution in [1.29, 1.82) is 0 Å². The summed E-state index contributed by atoms with van der Waals surface area (Å²) in [5, 5.41) is 14.8. The number of hydrogen-bond acceptors (Lipinski definition) is 9. The lowest BCUT2D eigenvalue weighted by Gasteiger charge is -2.17. The number of hydrogen-bond donors (Lipinski definition) is 0. The highest BCUT2D eigenvalue weighted by atomic mass is 32.4. The molecule has 3 aromatic carbocycles. The van der Waals surface area contributed by atoms with Crippen molar-refractivity contribution in [2.45, 2.75) is 0 Å². The van der Waals surface area contributed by atoms with Crippen molar-refractivity contribution in [1.82, 2.24) is 14.6 Å². The van der Waals surface area contributed by atoms with E-state index in [2.05, 4.69) is 38.6 Å². The molecule has 0 aromatic heterocycles. The quantitative estimate of drug-likeness (QED) is 0.0831. The van der Waals surface area contributed by atoms with Gasteiger partial charge in [-0.05, 0) is 113 Å². The van der Waals surface area contributed by atoms with Crippen LogP contribution in [-0.4, -0.2) is 61.4 Å². The van der Waals surface area contributed by atoms with Gasteiger partial charge in [-0.3, -0.25) is 0 Å². The molecule has 0 amide bonds. The van der Waals surface area contributed by atoms with Crippen LogP contribution in [0.2, 0.25) is 0 Å². The van der Waals surface area contributed by atoms with Crippen molar-refractivity contribution in [3.8, 4) is 17.2 Å². The number of benzene rings is 3. The maximum atomic E-state index is 5.96. The summed E-state index contributed by atoms with van der Waals surface area (Å²) in [5.41, 5.74) is 2.74. The first-order valence-electron chi connectivity index (χ1n) is 12.6. The van der Waals surface area contributed by atoms with Crippen LogP contribution in [0, 0.1) is 0 Å². The molecule has 19 heteroatoms. The van der Waals surface area contributed by atoms with Gasteiger partial charge in [0.1, 0.15) is 17.2 Å². The second kappa shape index (κ2) is 19.5. The van der Waals surface area contributed by atoms with Gasteiger partial charge in [-0.2, -0.15) is 15.3 Å². The fourth-order valence-corrected chi connectivity index (χ4v) is 5.79. The smallest absolute Gasteiger partial charge is 0.253 e. The minimum Gasteiger partial charge on any atom is -0.450 e. The van der Waals surface area contributed by atoms with Gasteiger partial charge in [0.25, 0.3) is 8.60 Å². The predicted octanol–water partition coefficient (Wildman–Crippen LogP) is 7.99. The van der Waals surface area contributed by atoms with Gasteiger partial charge in [-0.25, -0.2) is 9.56 Å². The summed E-state index contributed by atoms with van der Waals surface area (Å²) in [6.45, 7) is 0. The monoisotopic (exact) mass is 723 g/mol. The van der Waals surface area contributed by atoms with E-state index in [1.165, 1.54) is 0 Å². The van der Waals surface area contributed by atoms with Crippen LogP contribution in [0.4, 0.5) is 0 Å². The third kappa shape index (κ3) is 13.4. The Morgan fingerprint density at radius 3 is 1.48 bits per heavy atom. The van der Waals surface area contributed by atoms with E-state index >= 15 is 0 Å². The third-order valence-electron chi connectivity index (χ3n) is 5.08. The highest BCUT2D eigenvalue weighted by Gasteiger charge is 2.05. The minimum absolute atomic E-state index is 0.432. The molecule has 0 fully saturated rings. The van der Waals surface area contributed by atoms with E-state index in [0.29, 0.717) is 34.4 Å². The molecule has 44 heavy (non-hydrogen) atoms. The summed E-state index contributed by atoms with van der Waals surface area (Å²) >= 11 is 11.1. The van der Waals surface area contributed by atoms with E-state index in [1.54, 1.807) is 47.3 Å². The lowest BCUT2D eigenvalue weighted by atomic mass is 10.2. The third-order valence-corrected chi connectivity index (χ3v) is 10.6. The molecule has 0 heterocycles. The molecule has 0 N–H and O–H groups in total. The molecular formula is C25H30N9O3P5S2. The number of nitrogens with zero attached hydrogens (tertiary/aromatic N) is 9. The molecule has 230 valence electrons. The first kappa shape index (κ1) is 35.5. The van der Waals surface area contributed by atoms with Gasteiger partial charge >= 0.3 is 0 Å². The molecule has 0 spiro atoms. The Balaban J connectivity index is 1.46. The Hall–Kier alpha value is -2.93. The zero-order chi connectivity index (χ0) is 31.7. The average Bonchev–Trinajstić information content (AvgIpc) is 3.03. The highest BCUT2D eigenvalue weighted by molar-refractivity contribution is 8.02. The van der Waals surface area contributed by atoms with Gasteiger partial charge < -0.3 is 18.6 Å². The van der Waals surface area contributed by atoms with Crippen molar-refractivity contribution in [2.24, 2.45) is 29.5 Å². The molecule has 12 nitrogen and oxygen atoms in total. The minimum atomic E-state index is -1.82. The summed E-state index contributed by atoms with van der Waals surface area (Å²) in [5.74, 6) is 2.02. The van der Waals surface area contributed by atoms with Crippen LogP contribution in [-0.2, 0) is 23.6 Å². The Bertz CT molecular complexity index is 1560. The van der Waals surface area contributed by atoms with Crippen LogP contribution in [0.3, 0.4) is 0 Å².